The summed E-state index contributed by atoms with van der Waals surface area (Å²) >= 11 is 0. The molecule has 254 valence electrons. The van der Waals surface area contributed by atoms with Gasteiger partial charge in [-0.3, -0.25) is 0 Å². The van der Waals surface area contributed by atoms with Gasteiger partial charge < -0.3 is 0 Å². The lowest BCUT2D eigenvalue weighted by Gasteiger charge is -2.45. The number of benzene rings is 7. The van der Waals surface area contributed by atoms with E-state index in [0.717, 1.165) is 0 Å². The average Bonchev–Trinajstić information content (AvgIpc) is 3.23. The van der Waals surface area contributed by atoms with E-state index in [0.29, 0.717) is 0 Å². The van der Waals surface area contributed by atoms with Crippen molar-refractivity contribution in [2.24, 2.45) is 0 Å². The van der Waals surface area contributed by atoms with Crippen molar-refractivity contribution < 1.29 is 0 Å². The smallest absolute Gasteiger partial charge is 0.154 e. The third-order valence-corrected chi connectivity index (χ3v) is 17.1. The Hall–Kier alpha value is -4.97. The van der Waals surface area contributed by atoms with Crippen molar-refractivity contribution in [3.8, 4) is 0 Å². The molecule has 7 aromatic rings. The van der Waals surface area contributed by atoms with Crippen LogP contribution in [-0.2, 0) is 5.16 Å². The summed E-state index contributed by atoms with van der Waals surface area (Å²) in [7, 11) is -1.35. The molecule has 0 spiro atoms. The lowest BCUT2D eigenvalue weighted by atomic mass is 9.13. The van der Waals surface area contributed by atoms with Gasteiger partial charge >= 0.3 is 0 Å². The molecule has 51 heavy (non-hydrogen) atoms. The second-order valence-corrected chi connectivity index (χ2v) is 18.3. The molecule has 7 rings (SSSR count). The predicted molar refractivity (Wildman–Crippen MR) is 228 cm³/mol. The zero-order valence-corrected chi connectivity index (χ0v) is 31.2. The van der Waals surface area contributed by atoms with Crippen molar-refractivity contribution in [1.82, 2.24) is 0 Å². The van der Waals surface area contributed by atoms with Gasteiger partial charge in [-0.15, -0.1) is 0 Å². The minimum absolute atomic E-state index is 0.0466. The average molecular weight is 681 g/mol. The highest BCUT2D eigenvalue weighted by Gasteiger charge is 2.58. The second-order valence-electron chi connectivity index (χ2n) is 13.4. The normalized spacial score (nSPS) is 11.7. The van der Waals surface area contributed by atoms with E-state index < -0.39 is 13.4 Å². The van der Waals surface area contributed by atoms with Gasteiger partial charge in [0.25, 0.3) is 0 Å². The maximum absolute atomic E-state index is 2.41. The van der Waals surface area contributed by atoms with Crippen LogP contribution in [0.1, 0.15) is 37.5 Å². The van der Waals surface area contributed by atoms with Gasteiger partial charge in [-0.1, -0.05) is 212 Å². The molecule has 0 aliphatic rings. The van der Waals surface area contributed by atoms with Crippen LogP contribution in [0.5, 0.6) is 0 Å². The Kier molecular flexibility index (Phi) is 11.8. The first-order chi connectivity index (χ1) is 25.2. The first kappa shape index (κ1) is 35.8. The van der Waals surface area contributed by atoms with Gasteiger partial charge in [0.15, 0.2) is 5.16 Å². The van der Waals surface area contributed by atoms with E-state index in [1.807, 2.05) is 0 Å². The first-order valence-electron chi connectivity index (χ1n) is 18.6. The van der Waals surface area contributed by atoms with Crippen molar-refractivity contribution in [2.75, 3.05) is 18.5 Å². The van der Waals surface area contributed by atoms with Crippen LogP contribution in [-0.4, -0.2) is 24.6 Å². The Balaban J connectivity index is 0.000000176. The van der Waals surface area contributed by atoms with E-state index in [4.69, 9.17) is 0 Å². The summed E-state index contributed by atoms with van der Waals surface area (Å²) in [6.07, 6.45) is 2.53. The predicted octanol–water partition coefficient (Wildman–Crippen LogP) is 10.1. The van der Waals surface area contributed by atoms with Gasteiger partial charge in [0.2, 0.25) is 0 Å². The maximum atomic E-state index is 2.41. The van der Waals surface area contributed by atoms with Crippen molar-refractivity contribution in [2.45, 2.75) is 25.9 Å². The highest BCUT2D eigenvalue weighted by molar-refractivity contribution is 7.77. The van der Waals surface area contributed by atoms with Crippen molar-refractivity contribution in [3.05, 3.63) is 229 Å². The Bertz CT molecular complexity index is 1740. The highest BCUT2D eigenvalue weighted by Crippen LogP contribution is 2.76. The molecule has 0 heterocycles. The van der Waals surface area contributed by atoms with E-state index in [1.54, 1.807) is 0 Å². The van der Waals surface area contributed by atoms with Gasteiger partial charge in [-0.2, -0.15) is 21.9 Å². The molecular formula is C49H50BP. The van der Waals surface area contributed by atoms with E-state index in [9.17, 15) is 0 Å². The van der Waals surface area contributed by atoms with Crippen LogP contribution >= 0.6 is 7.26 Å². The monoisotopic (exact) mass is 680 g/mol. The molecule has 0 radical (unpaired) electrons. The second kappa shape index (κ2) is 16.8. The zero-order valence-electron chi connectivity index (χ0n) is 30.4. The van der Waals surface area contributed by atoms with Crippen LogP contribution in [0.2, 0.25) is 0 Å². The Labute approximate surface area is 307 Å². The van der Waals surface area contributed by atoms with Gasteiger partial charge in [-0.05, 0) is 20.8 Å². The molecule has 0 saturated carbocycles. The van der Waals surface area contributed by atoms with Crippen LogP contribution < -0.4 is 21.9 Å². The zero-order chi connectivity index (χ0) is 35.4. The number of hydrogen-bond donors (Lipinski definition) is 0. The quantitative estimate of drug-likeness (QED) is 0.0725. The summed E-state index contributed by atoms with van der Waals surface area (Å²) in [5.74, 6) is 0. The lowest BCUT2D eigenvalue weighted by molar-refractivity contribution is 0.847. The topological polar surface area (TPSA) is 0 Å². The molecule has 0 aliphatic heterocycles. The van der Waals surface area contributed by atoms with Crippen molar-refractivity contribution in [3.63, 3.8) is 0 Å². The molecule has 0 aromatic heterocycles. The molecule has 7 aromatic carbocycles. The summed E-state index contributed by atoms with van der Waals surface area (Å²) in [5.41, 5.74) is 9.68. The molecule has 0 nitrogen and oxygen atoms in total. The van der Waals surface area contributed by atoms with Crippen LogP contribution in [0.4, 0.5) is 0 Å². The summed E-state index contributed by atoms with van der Waals surface area (Å²) in [5, 5.41) is -0.0466. The molecule has 2 heteroatoms. The number of hydrogen-bond acceptors (Lipinski definition) is 0. The van der Waals surface area contributed by atoms with Gasteiger partial charge in [0.05, 0.1) is 18.5 Å². The third kappa shape index (κ3) is 6.77. The van der Waals surface area contributed by atoms with E-state index in [1.165, 1.54) is 57.0 Å². The summed E-state index contributed by atoms with van der Waals surface area (Å²) in [6, 6.07) is 77.2. The third-order valence-electron chi connectivity index (χ3n) is 11.3. The first-order valence-corrected chi connectivity index (χ1v) is 20.9. The van der Waals surface area contributed by atoms with Gasteiger partial charge in [0.1, 0.15) is 6.15 Å². The molecular weight excluding hydrogens is 630 g/mol. The summed E-state index contributed by atoms with van der Waals surface area (Å²) in [4.78, 5) is 0. The SMILES string of the molecule is CC[P+](CC)(CC)C(c1ccccc1)(c1ccccc1)c1ccccc1.c1ccc([B-](c2ccccc2)(c2ccccc2)c2ccccc2)cc1. The molecule has 0 unspecified atom stereocenters. The van der Waals surface area contributed by atoms with E-state index >= 15 is 0 Å². The minimum Gasteiger partial charge on any atom is -0.195 e. The Morgan fingerprint density at radius 3 is 0.706 bits per heavy atom. The fourth-order valence-electron chi connectivity index (χ4n) is 8.86. The molecule has 0 fully saturated rings. The van der Waals surface area contributed by atoms with Gasteiger partial charge in [0, 0.05) is 24.0 Å². The largest absolute Gasteiger partial charge is 0.195 e. The molecule has 0 aliphatic carbocycles. The molecule has 0 saturated heterocycles. The van der Waals surface area contributed by atoms with Crippen LogP contribution in [0.15, 0.2) is 212 Å². The lowest BCUT2D eigenvalue weighted by Crippen LogP contribution is -2.74. The van der Waals surface area contributed by atoms with Crippen molar-refractivity contribution >= 4 is 35.3 Å². The molecule has 0 amide bonds. The number of rotatable bonds is 11. The Morgan fingerprint density at radius 2 is 0.510 bits per heavy atom. The Morgan fingerprint density at radius 1 is 0.314 bits per heavy atom. The van der Waals surface area contributed by atoms with Gasteiger partial charge in [-0.25, -0.2) is 0 Å². The van der Waals surface area contributed by atoms with E-state index in [2.05, 4.69) is 233 Å². The summed E-state index contributed by atoms with van der Waals surface area (Å²) < 4.78 is 0. The molecule has 0 N–H and O–H groups in total. The molecule has 0 bridgehead atoms. The van der Waals surface area contributed by atoms with Crippen molar-refractivity contribution in [1.29, 1.82) is 0 Å². The maximum Gasteiger partial charge on any atom is 0.154 e. The fraction of sp³-hybridized carbons (Fsp3) is 0.143. The summed E-state index contributed by atoms with van der Waals surface area (Å²) in [6.45, 7) is 7.22. The van der Waals surface area contributed by atoms with Crippen LogP contribution in [0.3, 0.4) is 0 Å². The standard InChI is InChI=1S/C25H30P.C24H20B/c1-4-26(5-2,6-3)25(22-16-10-7-11-17-22,23-18-12-8-13-19-23)24-20-14-9-15-21-24;1-5-13-21(14-6-1)25(22-15-7-2-8-16-22,23-17-9-3-10-18-23)24-19-11-4-12-20-24/h7-21H,4-6H2,1-3H3;1-20H/q+1;-1. The molecule has 0 atom stereocenters. The minimum atomic E-state index is -1.35. The fourth-order valence-corrected chi connectivity index (χ4v) is 13.7. The van der Waals surface area contributed by atoms with Crippen LogP contribution in [0, 0.1) is 0 Å². The van der Waals surface area contributed by atoms with E-state index in [-0.39, 0.29) is 5.16 Å². The highest BCUT2D eigenvalue weighted by atomic mass is 31.2. The van der Waals surface area contributed by atoms with Crippen LogP contribution in [0.25, 0.3) is 0 Å².